The quantitative estimate of drug-likeness (QED) is 0.670. The Bertz CT molecular complexity index is 574. The molecule has 82 valence electrons. The first-order valence-corrected chi connectivity index (χ1v) is 5.72. The van der Waals surface area contributed by atoms with Crippen molar-refractivity contribution < 1.29 is 4.74 Å². The van der Waals surface area contributed by atoms with Crippen molar-refractivity contribution in [1.82, 2.24) is 4.98 Å². The maximum atomic E-state index is 5.92. The molecule has 16 heavy (non-hydrogen) atoms. The summed E-state index contributed by atoms with van der Waals surface area (Å²) in [6.07, 6.45) is 1.26. The van der Waals surface area contributed by atoms with Gasteiger partial charge in [-0.25, -0.2) is 0 Å². The monoisotopic (exact) mass is 213 g/mol. The fourth-order valence-electron chi connectivity index (χ4n) is 2.46. The Balaban J connectivity index is 2.41. The molecule has 0 fully saturated rings. The molecule has 2 heteroatoms. The Morgan fingerprint density at radius 2 is 2.12 bits per heavy atom. The van der Waals surface area contributed by atoms with Crippen LogP contribution in [0.25, 0.3) is 10.9 Å². The van der Waals surface area contributed by atoms with E-state index in [0.717, 1.165) is 28.8 Å². The van der Waals surface area contributed by atoms with Gasteiger partial charge in [0.25, 0.3) is 0 Å². The van der Waals surface area contributed by atoms with Gasteiger partial charge in [-0.15, -0.1) is 0 Å². The van der Waals surface area contributed by atoms with Crippen molar-refractivity contribution in [2.45, 2.75) is 33.3 Å². The summed E-state index contributed by atoms with van der Waals surface area (Å²) in [5.74, 6) is 1.05. The van der Waals surface area contributed by atoms with Crippen molar-refractivity contribution in [2.24, 2.45) is 0 Å². The van der Waals surface area contributed by atoms with Crippen LogP contribution < -0.4 is 4.74 Å². The highest BCUT2D eigenvalue weighted by atomic mass is 16.5. The van der Waals surface area contributed by atoms with E-state index < -0.39 is 0 Å². The van der Waals surface area contributed by atoms with E-state index in [1.165, 1.54) is 11.1 Å². The predicted octanol–water partition coefficient (Wildman–Crippen LogP) is 3.18. The second-order valence-corrected chi connectivity index (χ2v) is 4.61. The van der Waals surface area contributed by atoms with Crippen LogP contribution in [-0.2, 0) is 6.42 Å². The van der Waals surface area contributed by atoms with Gasteiger partial charge in [-0.3, -0.25) is 4.98 Å². The van der Waals surface area contributed by atoms with Gasteiger partial charge in [-0.2, -0.15) is 0 Å². The molecule has 2 heterocycles. The summed E-state index contributed by atoms with van der Waals surface area (Å²) in [6, 6.07) is 6.27. The van der Waals surface area contributed by atoms with Crippen molar-refractivity contribution in [2.75, 3.05) is 0 Å². The molecule has 0 N–H and O–H groups in total. The molecule has 0 amide bonds. The Labute approximate surface area is 95.3 Å². The number of nitrogens with zero attached hydrogens (tertiary/aromatic N) is 1. The number of pyridine rings is 1. The predicted molar refractivity (Wildman–Crippen MR) is 65.0 cm³/mol. The van der Waals surface area contributed by atoms with Gasteiger partial charge in [0.1, 0.15) is 11.9 Å². The minimum absolute atomic E-state index is 0.279. The smallest absolute Gasteiger partial charge is 0.134 e. The molecular formula is C14H15NO. The van der Waals surface area contributed by atoms with Gasteiger partial charge in [0, 0.05) is 23.1 Å². The second kappa shape index (κ2) is 3.21. The fraction of sp³-hybridized carbons (Fsp3) is 0.357. The van der Waals surface area contributed by atoms with Crippen molar-refractivity contribution in [3.8, 4) is 5.75 Å². The third kappa shape index (κ3) is 1.22. The van der Waals surface area contributed by atoms with Crippen LogP contribution in [-0.4, -0.2) is 11.1 Å². The van der Waals surface area contributed by atoms with Gasteiger partial charge < -0.3 is 4.74 Å². The lowest BCUT2D eigenvalue weighted by molar-refractivity contribution is 0.257. The van der Waals surface area contributed by atoms with E-state index in [-0.39, 0.29) is 6.10 Å². The number of hydrogen-bond donors (Lipinski definition) is 0. The number of ether oxygens (including phenoxy) is 1. The molecule has 0 unspecified atom stereocenters. The van der Waals surface area contributed by atoms with Crippen LogP contribution in [0.15, 0.2) is 18.2 Å². The molecule has 0 saturated carbocycles. The third-order valence-electron chi connectivity index (χ3n) is 3.28. The zero-order chi connectivity index (χ0) is 11.3. The summed E-state index contributed by atoms with van der Waals surface area (Å²) in [6.45, 7) is 6.28. The van der Waals surface area contributed by atoms with Gasteiger partial charge in [0.2, 0.25) is 0 Å². The van der Waals surface area contributed by atoms with Crippen molar-refractivity contribution in [1.29, 1.82) is 0 Å². The average molecular weight is 213 g/mol. The van der Waals surface area contributed by atoms with Gasteiger partial charge in [-0.05, 0) is 32.4 Å². The zero-order valence-electron chi connectivity index (χ0n) is 9.87. The maximum absolute atomic E-state index is 5.92. The number of aryl methyl sites for hydroxylation is 2. The van der Waals surface area contributed by atoms with Crippen LogP contribution >= 0.6 is 0 Å². The molecule has 0 bridgehead atoms. The van der Waals surface area contributed by atoms with Crippen molar-refractivity contribution >= 4 is 10.9 Å². The number of rotatable bonds is 0. The highest BCUT2D eigenvalue weighted by Gasteiger charge is 2.24. The minimum Gasteiger partial charge on any atom is -0.489 e. The molecule has 1 aromatic carbocycles. The minimum atomic E-state index is 0.279. The summed E-state index contributed by atoms with van der Waals surface area (Å²) in [7, 11) is 0. The Kier molecular flexibility index (Phi) is 1.93. The lowest BCUT2D eigenvalue weighted by Crippen LogP contribution is -2.05. The molecule has 0 aliphatic carbocycles. The Hall–Kier alpha value is -1.57. The van der Waals surface area contributed by atoms with E-state index in [1.807, 2.05) is 0 Å². The molecule has 1 atom stereocenters. The molecule has 0 saturated heterocycles. The largest absolute Gasteiger partial charge is 0.489 e. The van der Waals surface area contributed by atoms with E-state index in [2.05, 4.69) is 39.0 Å². The average Bonchev–Trinajstić information content (AvgIpc) is 2.63. The summed E-state index contributed by atoms with van der Waals surface area (Å²) >= 11 is 0. The third-order valence-corrected chi connectivity index (χ3v) is 3.28. The van der Waals surface area contributed by atoms with Crippen LogP contribution in [0.3, 0.4) is 0 Å². The highest BCUT2D eigenvalue weighted by Crippen LogP contribution is 2.37. The maximum Gasteiger partial charge on any atom is 0.134 e. The summed E-state index contributed by atoms with van der Waals surface area (Å²) in [5.41, 5.74) is 4.69. The first kappa shape index (κ1) is 9.64. The van der Waals surface area contributed by atoms with Crippen LogP contribution in [0, 0.1) is 13.8 Å². The molecule has 1 aliphatic rings. The zero-order valence-corrected chi connectivity index (χ0v) is 9.87. The molecular weight excluding hydrogens is 198 g/mol. The van der Waals surface area contributed by atoms with Crippen LogP contribution in [0.5, 0.6) is 5.75 Å². The first-order valence-electron chi connectivity index (χ1n) is 5.72. The number of aromatic nitrogens is 1. The highest BCUT2D eigenvalue weighted by molar-refractivity contribution is 5.89. The van der Waals surface area contributed by atoms with Crippen molar-refractivity contribution in [3.63, 3.8) is 0 Å². The molecule has 0 radical (unpaired) electrons. The van der Waals surface area contributed by atoms with E-state index in [9.17, 15) is 0 Å². The molecule has 1 aromatic heterocycles. The summed E-state index contributed by atoms with van der Waals surface area (Å²) in [4.78, 5) is 4.70. The summed E-state index contributed by atoms with van der Waals surface area (Å²) < 4.78 is 5.92. The Morgan fingerprint density at radius 3 is 2.94 bits per heavy atom. The normalized spacial score (nSPS) is 18.6. The van der Waals surface area contributed by atoms with E-state index in [0.29, 0.717) is 0 Å². The van der Waals surface area contributed by atoms with Crippen molar-refractivity contribution in [3.05, 3.63) is 35.0 Å². The van der Waals surface area contributed by atoms with Crippen LogP contribution in [0.2, 0.25) is 0 Å². The summed E-state index contributed by atoms with van der Waals surface area (Å²) in [5, 5.41) is 1.16. The lowest BCUT2D eigenvalue weighted by atomic mass is 10.0. The topological polar surface area (TPSA) is 22.1 Å². The standard InChI is InChI=1S/C14H15NO/c1-8-5-4-6-11-13(8)15-10(3)12-7-9(2)16-14(11)12/h4-6,9H,7H2,1-3H3/t9-/m0/s1. The molecule has 1 aliphatic heterocycles. The van der Waals surface area contributed by atoms with E-state index >= 15 is 0 Å². The van der Waals surface area contributed by atoms with Gasteiger partial charge in [0.05, 0.1) is 5.52 Å². The van der Waals surface area contributed by atoms with E-state index in [1.54, 1.807) is 0 Å². The SMILES string of the molecule is Cc1nc2c(C)cccc2c2c1C[C@H](C)O2. The second-order valence-electron chi connectivity index (χ2n) is 4.61. The fourth-order valence-corrected chi connectivity index (χ4v) is 2.46. The number of fused-ring (bicyclic) bond motifs is 3. The Morgan fingerprint density at radius 1 is 1.31 bits per heavy atom. The molecule has 3 rings (SSSR count). The number of hydrogen-bond acceptors (Lipinski definition) is 2. The van der Waals surface area contributed by atoms with Crippen LogP contribution in [0.4, 0.5) is 0 Å². The van der Waals surface area contributed by atoms with Gasteiger partial charge >= 0.3 is 0 Å². The molecule has 2 nitrogen and oxygen atoms in total. The lowest BCUT2D eigenvalue weighted by Gasteiger charge is -2.09. The number of para-hydroxylation sites is 1. The number of benzene rings is 1. The van der Waals surface area contributed by atoms with Crippen LogP contribution in [0.1, 0.15) is 23.7 Å². The molecule has 2 aromatic rings. The van der Waals surface area contributed by atoms with Gasteiger partial charge in [0.15, 0.2) is 0 Å². The van der Waals surface area contributed by atoms with Gasteiger partial charge in [-0.1, -0.05) is 12.1 Å². The molecule has 0 spiro atoms. The first-order chi connectivity index (χ1) is 7.66. The van der Waals surface area contributed by atoms with E-state index in [4.69, 9.17) is 9.72 Å².